The molecule has 1 aromatic carbocycles. The van der Waals surface area contributed by atoms with Gasteiger partial charge in [-0.2, -0.15) is 0 Å². The van der Waals surface area contributed by atoms with Gasteiger partial charge in [-0.25, -0.2) is 0 Å². The molecule has 2 fully saturated rings. The second-order valence-electron chi connectivity index (χ2n) is 6.52. The second-order valence-corrected chi connectivity index (χ2v) is 6.52. The van der Waals surface area contributed by atoms with Crippen molar-refractivity contribution in [2.45, 2.75) is 31.7 Å². The summed E-state index contributed by atoms with van der Waals surface area (Å²) in [6.45, 7) is 1.69. The van der Waals surface area contributed by atoms with E-state index in [1.807, 2.05) is 29.2 Å². The number of anilines is 1. The molecule has 0 aromatic heterocycles. The van der Waals surface area contributed by atoms with Crippen LogP contribution in [0, 0.1) is 5.92 Å². The molecular formula is C18H25N3O3. The van der Waals surface area contributed by atoms with E-state index in [0.717, 1.165) is 37.2 Å². The number of carbonyl (C=O) groups excluding carboxylic acids is 2. The monoisotopic (exact) mass is 331 g/mol. The minimum absolute atomic E-state index is 0.000162. The van der Waals surface area contributed by atoms with Crippen LogP contribution in [0.3, 0.4) is 0 Å². The molecule has 6 heteroatoms. The zero-order valence-electron chi connectivity index (χ0n) is 14.1. The van der Waals surface area contributed by atoms with Gasteiger partial charge in [0.25, 0.3) is 0 Å². The molecule has 0 spiro atoms. The SMILES string of the molecule is COc1ccc(N2CC(C(=O)N3CCCCC3CN)CC2=O)cc1. The fourth-order valence-corrected chi connectivity index (χ4v) is 3.65. The van der Waals surface area contributed by atoms with Crippen molar-refractivity contribution >= 4 is 17.5 Å². The third-order valence-electron chi connectivity index (χ3n) is 5.04. The van der Waals surface area contributed by atoms with Crippen LogP contribution in [0.25, 0.3) is 0 Å². The number of hydrogen-bond acceptors (Lipinski definition) is 4. The van der Waals surface area contributed by atoms with Crippen molar-refractivity contribution in [1.82, 2.24) is 4.90 Å². The summed E-state index contributed by atoms with van der Waals surface area (Å²) in [5.41, 5.74) is 6.63. The van der Waals surface area contributed by atoms with E-state index in [9.17, 15) is 9.59 Å². The van der Waals surface area contributed by atoms with Crippen LogP contribution in [-0.2, 0) is 9.59 Å². The molecule has 0 saturated carbocycles. The van der Waals surface area contributed by atoms with E-state index in [1.165, 1.54) is 0 Å². The van der Waals surface area contributed by atoms with Crippen LogP contribution in [0.15, 0.2) is 24.3 Å². The zero-order chi connectivity index (χ0) is 17.1. The number of hydrogen-bond donors (Lipinski definition) is 1. The lowest BCUT2D eigenvalue weighted by atomic mass is 9.98. The molecular weight excluding hydrogens is 306 g/mol. The molecule has 0 radical (unpaired) electrons. The highest BCUT2D eigenvalue weighted by molar-refractivity contribution is 6.00. The molecule has 2 aliphatic rings. The van der Waals surface area contributed by atoms with E-state index in [-0.39, 0.29) is 30.2 Å². The minimum atomic E-state index is -0.272. The zero-order valence-corrected chi connectivity index (χ0v) is 14.1. The molecule has 2 unspecified atom stereocenters. The molecule has 2 N–H and O–H groups in total. The van der Waals surface area contributed by atoms with Crippen LogP contribution in [-0.4, -0.2) is 49.5 Å². The van der Waals surface area contributed by atoms with Gasteiger partial charge in [0.05, 0.1) is 13.0 Å². The molecule has 24 heavy (non-hydrogen) atoms. The van der Waals surface area contributed by atoms with E-state index < -0.39 is 0 Å². The number of rotatable bonds is 4. The summed E-state index contributed by atoms with van der Waals surface area (Å²) in [5.74, 6) is 0.554. The number of piperidine rings is 1. The summed E-state index contributed by atoms with van der Waals surface area (Å²) in [4.78, 5) is 28.8. The number of benzene rings is 1. The number of nitrogens with two attached hydrogens (primary N) is 1. The Morgan fingerprint density at radius 3 is 2.71 bits per heavy atom. The number of carbonyl (C=O) groups is 2. The van der Waals surface area contributed by atoms with Gasteiger partial charge in [-0.05, 0) is 43.5 Å². The van der Waals surface area contributed by atoms with Crippen molar-refractivity contribution in [2.75, 3.05) is 31.6 Å². The van der Waals surface area contributed by atoms with E-state index in [0.29, 0.717) is 13.1 Å². The van der Waals surface area contributed by atoms with Gasteiger partial charge in [-0.15, -0.1) is 0 Å². The molecule has 2 heterocycles. The Kier molecular flexibility index (Phi) is 5.04. The molecule has 1 aromatic rings. The van der Waals surface area contributed by atoms with Crippen molar-refractivity contribution in [3.63, 3.8) is 0 Å². The molecule has 6 nitrogen and oxygen atoms in total. The highest BCUT2D eigenvalue weighted by atomic mass is 16.5. The van der Waals surface area contributed by atoms with E-state index >= 15 is 0 Å². The maximum atomic E-state index is 12.9. The maximum Gasteiger partial charge on any atom is 0.228 e. The summed E-state index contributed by atoms with van der Waals surface area (Å²) in [5, 5.41) is 0. The molecule has 2 aliphatic heterocycles. The molecule has 2 atom stereocenters. The lowest BCUT2D eigenvalue weighted by Gasteiger charge is -2.36. The quantitative estimate of drug-likeness (QED) is 0.904. The van der Waals surface area contributed by atoms with Gasteiger partial charge in [0.15, 0.2) is 0 Å². The number of amides is 2. The normalized spacial score (nSPS) is 24.3. The van der Waals surface area contributed by atoms with Crippen LogP contribution in [0.5, 0.6) is 5.75 Å². The lowest BCUT2D eigenvalue weighted by molar-refractivity contribution is -0.139. The maximum absolute atomic E-state index is 12.9. The van der Waals surface area contributed by atoms with E-state index in [2.05, 4.69) is 0 Å². The molecule has 0 aliphatic carbocycles. The molecule has 2 saturated heterocycles. The topological polar surface area (TPSA) is 75.9 Å². The van der Waals surface area contributed by atoms with E-state index in [4.69, 9.17) is 10.5 Å². The average molecular weight is 331 g/mol. The molecule has 2 amide bonds. The first kappa shape index (κ1) is 16.8. The second kappa shape index (κ2) is 7.21. The Labute approximate surface area is 142 Å². The summed E-state index contributed by atoms with van der Waals surface area (Å²) in [6.07, 6.45) is 3.38. The number of nitrogens with zero attached hydrogens (tertiary/aromatic N) is 2. The first-order chi connectivity index (χ1) is 11.6. The predicted octanol–water partition coefficient (Wildman–Crippen LogP) is 1.39. The predicted molar refractivity (Wildman–Crippen MR) is 91.9 cm³/mol. The standard InChI is InChI=1S/C18H25N3O3/c1-24-16-7-5-14(6-8-16)21-12-13(10-17(21)22)18(23)20-9-3-2-4-15(20)11-19/h5-8,13,15H,2-4,9-12,19H2,1H3. The Balaban J connectivity index is 1.70. The summed E-state index contributed by atoms with van der Waals surface area (Å²) in [7, 11) is 1.61. The largest absolute Gasteiger partial charge is 0.497 e. The Morgan fingerprint density at radius 2 is 2.04 bits per heavy atom. The van der Waals surface area contributed by atoms with Crippen LogP contribution in [0.4, 0.5) is 5.69 Å². The van der Waals surface area contributed by atoms with Crippen molar-refractivity contribution in [3.05, 3.63) is 24.3 Å². The van der Waals surface area contributed by atoms with Gasteiger partial charge in [-0.1, -0.05) is 0 Å². The van der Waals surface area contributed by atoms with Crippen molar-refractivity contribution in [1.29, 1.82) is 0 Å². The fourth-order valence-electron chi connectivity index (χ4n) is 3.65. The Hall–Kier alpha value is -2.08. The smallest absolute Gasteiger partial charge is 0.228 e. The highest BCUT2D eigenvalue weighted by Crippen LogP contribution is 2.29. The van der Waals surface area contributed by atoms with Crippen LogP contribution < -0.4 is 15.4 Å². The Bertz CT molecular complexity index is 602. The first-order valence-corrected chi connectivity index (χ1v) is 8.59. The van der Waals surface area contributed by atoms with Gasteiger partial charge in [0.1, 0.15) is 5.75 Å². The van der Waals surface area contributed by atoms with Crippen LogP contribution >= 0.6 is 0 Å². The lowest BCUT2D eigenvalue weighted by Crippen LogP contribution is -2.50. The van der Waals surface area contributed by atoms with Crippen LogP contribution in [0.1, 0.15) is 25.7 Å². The van der Waals surface area contributed by atoms with Gasteiger partial charge in [0, 0.05) is 37.8 Å². The number of methoxy groups -OCH3 is 1. The van der Waals surface area contributed by atoms with Gasteiger partial charge >= 0.3 is 0 Å². The number of likely N-dealkylation sites (tertiary alicyclic amines) is 1. The van der Waals surface area contributed by atoms with Crippen LogP contribution in [0.2, 0.25) is 0 Å². The molecule has 3 rings (SSSR count). The third kappa shape index (κ3) is 3.24. The van der Waals surface area contributed by atoms with Crippen molar-refractivity contribution in [3.8, 4) is 5.75 Å². The fraction of sp³-hybridized carbons (Fsp3) is 0.556. The highest BCUT2D eigenvalue weighted by Gasteiger charge is 2.39. The number of ether oxygens (including phenoxy) is 1. The van der Waals surface area contributed by atoms with Gasteiger partial charge in [-0.3, -0.25) is 9.59 Å². The van der Waals surface area contributed by atoms with Gasteiger partial charge in [0.2, 0.25) is 11.8 Å². The van der Waals surface area contributed by atoms with E-state index in [1.54, 1.807) is 12.0 Å². The summed E-state index contributed by atoms with van der Waals surface area (Å²) in [6, 6.07) is 7.48. The summed E-state index contributed by atoms with van der Waals surface area (Å²) < 4.78 is 5.15. The first-order valence-electron chi connectivity index (χ1n) is 8.59. The van der Waals surface area contributed by atoms with Crippen molar-refractivity contribution < 1.29 is 14.3 Å². The minimum Gasteiger partial charge on any atom is -0.497 e. The third-order valence-corrected chi connectivity index (χ3v) is 5.04. The van der Waals surface area contributed by atoms with Crippen molar-refractivity contribution in [2.24, 2.45) is 11.7 Å². The molecule has 130 valence electrons. The average Bonchev–Trinajstić information content (AvgIpc) is 3.03. The summed E-state index contributed by atoms with van der Waals surface area (Å²) >= 11 is 0. The molecule has 0 bridgehead atoms. The van der Waals surface area contributed by atoms with Gasteiger partial charge < -0.3 is 20.3 Å². The Morgan fingerprint density at radius 1 is 1.29 bits per heavy atom.